The van der Waals surface area contributed by atoms with E-state index in [2.05, 4.69) is 25.9 Å². The van der Waals surface area contributed by atoms with Crippen molar-refractivity contribution in [2.45, 2.75) is 94.1 Å². The summed E-state index contributed by atoms with van der Waals surface area (Å²) >= 11 is 1.54. The van der Waals surface area contributed by atoms with Crippen molar-refractivity contribution in [1.82, 2.24) is 30.8 Å². The fourth-order valence-corrected chi connectivity index (χ4v) is 7.46. The van der Waals surface area contributed by atoms with E-state index >= 15 is 0 Å². The van der Waals surface area contributed by atoms with Gasteiger partial charge in [0, 0.05) is 41.8 Å². The number of amides is 3. The van der Waals surface area contributed by atoms with Gasteiger partial charge in [-0.15, -0.1) is 0 Å². The smallest absolute Gasteiger partial charge is 0.251 e. The predicted molar refractivity (Wildman–Crippen MR) is 202 cm³/mol. The topological polar surface area (TPSA) is 137 Å². The van der Waals surface area contributed by atoms with Crippen molar-refractivity contribution >= 4 is 40.3 Å². The third kappa shape index (κ3) is 10.8. The van der Waals surface area contributed by atoms with E-state index < -0.39 is 41.5 Å². The summed E-state index contributed by atoms with van der Waals surface area (Å²) in [6.45, 7) is 10.1. The molecule has 3 aromatic carbocycles. The molecular formula is C40H49FN6O4S. The summed E-state index contributed by atoms with van der Waals surface area (Å²) in [7, 11) is 0. The molecule has 1 aromatic heterocycles. The number of benzene rings is 3. The number of aliphatic hydroxyl groups excluding tert-OH is 1. The van der Waals surface area contributed by atoms with Crippen LogP contribution < -0.4 is 16.0 Å². The number of β-amino-alcohol motifs (C(OH)–C–C–N with tert-alkyl or cyclic N) is 1. The molecule has 1 aliphatic heterocycles. The lowest BCUT2D eigenvalue weighted by atomic mass is 9.95. The average molecular weight is 729 g/mol. The molecule has 3 amide bonds. The first kappa shape index (κ1) is 38.8. The molecule has 0 unspecified atom stereocenters. The fourth-order valence-electron chi connectivity index (χ4n) is 6.42. The van der Waals surface area contributed by atoms with E-state index in [1.807, 2.05) is 69.9 Å². The first-order valence-electron chi connectivity index (χ1n) is 17.8. The van der Waals surface area contributed by atoms with E-state index in [0.29, 0.717) is 29.2 Å². The lowest BCUT2D eigenvalue weighted by molar-refractivity contribution is -0.130. The van der Waals surface area contributed by atoms with E-state index in [1.165, 1.54) is 23.9 Å². The number of hydrogen-bond donors (Lipinski definition) is 4. The second-order valence-electron chi connectivity index (χ2n) is 14.8. The highest BCUT2D eigenvalue weighted by Crippen LogP contribution is 2.31. The Morgan fingerprint density at radius 3 is 2.33 bits per heavy atom. The summed E-state index contributed by atoms with van der Waals surface area (Å²) in [5.74, 6) is -1.65. The number of carbonyl (C=O) groups is 3. The average Bonchev–Trinajstić information content (AvgIpc) is 3.11. The lowest BCUT2D eigenvalue weighted by Crippen LogP contribution is -2.60. The molecule has 1 saturated heterocycles. The Labute approximate surface area is 309 Å². The summed E-state index contributed by atoms with van der Waals surface area (Å²) in [4.78, 5) is 51.8. The molecule has 5 rings (SSSR count). The minimum absolute atomic E-state index is 0.0826. The largest absolute Gasteiger partial charge is 0.390 e. The molecule has 0 radical (unpaired) electrons. The molecule has 52 heavy (non-hydrogen) atoms. The molecular weight excluding hydrogens is 680 g/mol. The Kier molecular flexibility index (Phi) is 13.0. The molecule has 2 heterocycles. The third-order valence-corrected chi connectivity index (χ3v) is 10.3. The molecule has 276 valence electrons. The summed E-state index contributed by atoms with van der Waals surface area (Å²) in [6.07, 6.45) is 3.73. The first-order chi connectivity index (χ1) is 24.8. The van der Waals surface area contributed by atoms with Crippen molar-refractivity contribution in [3.63, 3.8) is 0 Å². The Hall–Kier alpha value is -4.39. The zero-order valence-corrected chi connectivity index (χ0v) is 31.2. The van der Waals surface area contributed by atoms with E-state index in [9.17, 15) is 23.9 Å². The second-order valence-corrected chi connectivity index (χ2v) is 16.1. The molecule has 4 aromatic rings. The van der Waals surface area contributed by atoms with Crippen LogP contribution in [0.25, 0.3) is 10.8 Å². The Morgan fingerprint density at radius 2 is 1.65 bits per heavy atom. The first-order valence-corrected chi connectivity index (χ1v) is 18.7. The number of hydrogen-bond acceptors (Lipinski definition) is 8. The van der Waals surface area contributed by atoms with Gasteiger partial charge in [0.1, 0.15) is 11.9 Å². The number of likely N-dealkylation sites (tertiary alicyclic amines) is 1. The van der Waals surface area contributed by atoms with Gasteiger partial charge >= 0.3 is 0 Å². The molecule has 0 bridgehead atoms. The maximum Gasteiger partial charge on any atom is 0.251 e. The van der Waals surface area contributed by atoms with Crippen LogP contribution in [-0.2, 0) is 16.0 Å². The number of aromatic nitrogens is 2. The molecule has 0 aliphatic carbocycles. The molecule has 5 atom stereocenters. The van der Waals surface area contributed by atoms with Crippen LogP contribution in [0.3, 0.4) is 0 Å². The second kappa shape index (κ2) is 17.4. The minimum Gasteiger partial charge on any atom is -0.390 e. The van der Waals surface area contributed by atoms with Gasteiger partial charge in [0.05, 0.1) is 18.2 Å². The summed E-state index contributed by atoms with van der Waals surface area (Å²) < 4.78 is 13.8. The van der Waals surface area contributed by atoms with Gasteiger partial charge in [0.15, 0.2) is 5.16 Å². The zero-order valence-electron chi connectivity index (χ0n) is 30.4. The number of nitrogens with zero attached hydrogens (tertiary/aromatic N) is 3. The molecule has 1 aliphatic rings. The van der Waals surface area contributed by atoms with Gasteiger partial charge in [-0.3, -0.25) is 19.3 Å². The molecule has 10 nitrogen and oxygen atoms in total. The Morgan fingerprint density at radius 1 is 0.962 bits per heavy atom. The number of thioether (sulfide) groups is 1. The van der Waals surface area contributed by atoms with Crippen molar-refractivity contribution in [3.05, 3.63) is 102 Å². The van der Waals surface area contributed by atoms with Crippen LogP contribution in [0.1, 0.15) is 63.4 Å². The van der Waals surface area contributed by atoms with Crippen molar-refractivity contribution in [3.8, 4) is 0 Å². The summed E-state index contributed by atoms with van der Waals surface area (Å²) in [6, 6.07) is 18.5. The minimum atomic E-state index is -1.11. The summed E-state index contributed by atoms with van der Waals surface area (Å²) in [5.41, 5.74) is 0.679. The normalized spacial score (nSPS) is 18.4. The van der Waals surface area contributed by atoms with Crippen LogP contribution in [-0.4, -0.2) is 85.8 Å². The van der Waals surface area contributed by atoms with Crippen molar-refractivity contribution in [1.29, 1.82) is 0 Å². The van der Waals surface area contributed by atoms with E-state index in [4.69, 9.17) is 0 Å². The van der Waals surface area contributed by atoms with Gasteiger partial charge in [-0.05, 0) is 92.6 Å². The summed E-state index contributed by atoms with van der Waals surface area (Å²) in [5, 5.41) is 23.5. The van der Waals surface area contributed by atoms with Gasteiger partial charge in [-0.25, -0.2) is 14.4 Å². The predicted octanol–water partition coefficient (Wildman–Crippen LogP) is 5.15. The van der Waals surface area contributed by atoms with Crippen LogP contribution in [0.2, 0.25) is 0 Å². The monoisotopic (exact) mass is 728 g/mol. The van der Waals surface area contributed by atoms with Crippen molar-refractivity contribution in [2.24, 2.45) is 5.92 Å². The van der Waals surface area contributed by atoms with Gasteiger partial charge in [0.25, 0.3) is 5.91 Å². The highest BCUT2D eigenvalue weighted by atomic mass is 32.2. The van der Waals surface area contributed by atoms with Crippen LogP contribution >= 0.6 is 11.8 Å². The Balaban J connectivity index is 1.34. The number of aliphatic hydroxyl groups is 1. The molecule has 0 saturated carbocycles. The van der Waals surface area contributed by atoms with E-state index in [0.717, 1.165) is 17.2 Å². The highest BCUT2D eigenvalue weighted by Gasteiger charge is 2.38. The number of nitrogens with one attached hydrogen (secondary N) is 3. The molecule has 0 spiro atoms. The fraction of sp³-hybridized carbons (Fsp3) is 0.425. The Bertz CT molecular complexity index is 1820. The van der Waals surface area contributed by atoms with E-state index in [1.54, 1.807) is 42.7 Å². The number of piperidine rings is 1. The number of halogens is 1. The lowest BCUT2D eigenvalue weighted by Gasteiger charge is -2.41. The third-order valence-electron chi connectivity index (χ3n) is 9.11. The van der Waals surface area contributed by atoms with Gasteiger partial charge < -0.3 is 21.1 Å². The van der Waals surface area contributed by atoms with Crippen LogP contribution in [0.4, 0.5) is 4.39 Å². The maximum absolute atomic E-state index is 14.0. The van der Waals surface area contributed by atoms with Gasteiger partial charge in [0.2, 0.25) is 11.8 Å². The SMILES string of the molecule is CC(C)[C@H](NC(=O)c1ccc2ccccc2c1)C(=O)N[C@@H](Cc1ccc(F)cc1)[C@H](O)CN1CC[C@@H](Sc2ncccn2)C[C@H]1C(=O)NC(C)(C)C. The number of fused-ring (bicyclic) bond motifs is 1. The van der Waals surface area contributed by atoms with Crippen molar-refractivity contribution in [2.75, 3.05) is 13.1 Å². The van der Waals surface area contributed by atoms with Crippen molar-refractivity contribution < 1.29 is 23.9 Å². The van der Waals surface area contributed by atoms with Crippen LogP contribution in [0, 0.1) is 11.7 Å². The standard InChI is InChI=1S/C40H49FN6O4S/c1-25(2)35(45-36(49)29-14-13-27-9-6-7-10-28(27)22-29)38(51)44-32(21-26-11-15-30(41)16-12-26)34(48)24-47-20-17-31(52-39-42-18-8-19-43-39)23-33(47)37(50)46-40(3,4)5/h6-16,18-19,22,25,31-35,48H,17,20-21,23-24H2,1-5H3,(H,44,51)(H,45,49)(H,46,50)/t31-,32+,33+,34-,35+/m1/s1. The quantitative estimate of drug-likeness (QED) is 0.139. The molecule has 12 heteroatoms. The molecule has 4 N–H and O–H groups in total. The maximum atomic E-state index is 14.0. The zero-order chi connectivity index (χ0) is 37.4. The highest BCUT2D eigenvalue weighted by molar-refractivity contribution is 7.99. The van der Waals surface area contributed by atoms with Gasteiger partial charge in [-0.2, -0.15) is 0 Å². The van der Waals surface area contributed by atoms with Gasteiger partial charge in [-0.1, -0.05) is 68.1 Å². The molecule has 1 fully saturated rings. The number of carbonyl (C=O) groups excluding carboxylic acids is 3. The van der Waals surface area contributed by atoms with E-state index in [-0.39, 0.29) is 35.9 Å². The van der Waals surface area contributed by atoms with Crippen LogP contribution in [0.15, 0.2) is 90.3 Å². The number of rotatable bonds is 13. The van der Waals surface area contributed by atoms with Crippen LogP contribution in [0.5, 0.6) is 0 Å².